The maximum atomic E-state index is 8.91. The van der Waals surface area contributed by atoms with Crippen LogP contribution in [0.5, 0.6) is 0 Å². The molecule has 0 saturated carbocycles. The minimum absolute atomic E-state index is 0.242. The van der Waals surface area contributed by atoms with Gasteiger partial charge in [-0.25, -0.2) is 9.97 Å². The summed E-state index contributed by atoms with van der Waals surface area (Å²) in [5.74, 6) is 0.393. The van der Waals surface area contributed by atoms with Crippen LogP contribution < -0.4 is 10.6 Å². The molecule has 20 heavy (non-hydrogen) atoms. The number of hydrogen-bond donors (Lipinski definition) is 2. The average molecular weight is 287 g/mol. The van der Waals surface area contributed by atoms with Gasteiger partial charge in [-0.05, 0) is 44.3 Å². The second kappa shape index (κ2) is 7.56. The molecular formula is C14H17N5S. The minimum atomic E-state index is 0.242. The Bertz CT molecular complexity index is 547. The van der Waals surface area contributed by atoms with E-state index in [-0.39, 0.29) is 5.69 Å². The molecule has 0 fully saturated rings. The molecule has 0 atom stereocenters. The summed E-state index contributed by atoms with van der Waals surface area (Å²) in [6.45, 7) is 0.791. The van der Waals surface area contributed by atoms with Gasteiger partial charge in [0.25, 0.3) is 0 Å². The van der Waals surface area contributed by atoms with E-state index in [9.17, 15) is 0 Å². The van der Waals surface area contributed by atoms with Crippen molar-refractivity contribution in [1.29, 1.82) is 5.26 Å². The third-order valence-corrected chi connectivity index (χ3v) is 3.40. The summed E-state index contributed by atoms with van der Waals surface area (Å²) in [5.41, 5.74) is 1.75. The summed E-state index contributed by atoms with van der Waals surface area (Å²) < 4.78 is 0. The molecule has 1 aliphatic carbocycles. The van der Waals surface area contributed by atoms with Crippen molar-refractivity contribution in [2.75, 3.05) is 11.9 Å². The molecule has 0 amide bonds. The third-order valence-electron chi connectivity index (χ3n) is 3.15. The summed E-state index contributed by atoms with van der Waals surface area (Å²) >= 11 is 5.19. The SMILES string of the molecule is N#Cc1nccnc1NC(=S)NCCC1=CCCCC1. The number of hydrogen-bond acceptors (Lipinski definition) is 4. The van der Waals surface area contributed by atoms with Gasteiger partial charge in [0.1, 0.15) is 6.07 Å². The highest BCUT2D eigenvalue weighted by molar-refractivity contribution is 7.80. The van der Waals surface area contributed by atoms with Gasteiger partial charge in [-0.1, -0.05) is 11.6 Å². The summed E-state index contributed by atoms with van der Waals surface area (Å²) in [5, 5.41) is 15.4. The van der Waals surface area contributed by atoms with Gasteiger partial charge in [-0.2, -0.15) is 5.26 Å². The number of aromatic nitrogens is 2. The van der Waals surface area contributed by atoms with Crippen molar-refractivity contribution in [3.8, 4) is 6.07 Å². The Labute approximate surface area is 124 Å². The van der Waals surface area contributed by atoms with Crippen molar-refractivity contribution in [3.05, 3.63) is 29.7 Å². The molecular weight excluding hydrogens is 270 g/mol. The third kappa shape index (κ3) is 4.28. The van der Waals surface area contributed by atoms with Gasteiger partial charge >= 0.3 is 0 Å². The summed E-state index contributed by atoms with van der Waals surface area (Å²) in [7, 11) is 0. The van der Waals surface area contributed by atoms with Crippen LogP contribution in [0, 0.1) is 11.3 Å². The topological polar surface area (TPSA) is 73.6 Å². The van der Waals surface area contributed by atoms with E-state index in [2.05, 4.69) is 26.7 Å². The fourth-order valence-electron chi connectivity index (χ4n) is 2.13. The Balaban J connectivity index is 1.78. The van der Waals surface area contributed by atoms with Crippen LogP contribution in [-0.2, 0) is 0 Å². The van der Waals surface area contributed by atoms with E-state index >= 15 is 0 Å². The van der Waals surface area contributed by atoms with Gasteiger partial charge in [0.15, 0.2) is 16.6 Å². The van der Waals surface area contributed by atoms with Crippen molar-refractivity contribution in [2.24, 2.45) is 0 Å². The molecule has 1 aromatic rings. The van der Waals surface area contributed by atoms with Crippen molar-refractivity contribution < 1.29 is 0 Å². The van der Waals surface area contributed by atoms with Crippen molar-refractivity contribution >= 4 is 23.1 Å². The molecule has 0 radical (unpaired) electrons. The predicted molar refractivity (Wildman–Crippen MR) is 82.1 cm³/mol. The summed E-state index contributed by atoms with van der Waals surface area (Å²) in [6.07, 6.45) is 11.3. The van der Waals surface area contributed by atoms with Crippen LogP contribution >= 0.6 is 12.2 Å². The lowest BCUT2D eigenvalue weighted by atomic mass is 9.97. The van der Waals surface area contributed by atoms with E-state index in [0.717, 1.165) is 13.0 Å². The van der Waals surface area contributed by atoms with Gasteiger partial charge in [0.05, 0.1) is 0 Å². The first-order chi connectivity index (χ1) is 9.79. The molecule has 0 saturated heterocycles. The van der Waals surface area contributed by atoms with Crippen LogP contribution in [0.1, 0.15) is 37.8 Å². The summed E-state index contributed by atoms with van der Waals surface area (Å²) in [4.78, 5) is 7.97. The Hall–Kier alpha value is -2.00. The lowest BCUT2D eigenvalue weighted by molar-refractivity contribution is 0.669. The van der Waals surface area contributed by atoms with E-state index in [1.165, 1.54) is 43.7 Å². The zero-order chi connectivity index (χ0) is 14.2. The zero-order valence-electron chi connectivity index (χ0n) is 11.2. The minimum Gasteiger partial charge on any atom is -0.362 e. The molecule has 0 aliphatic heterocycles. The number of nitriles is 1. The molecule has 1 heterocycles. The van der Waals surface area contributed by atoms with E-state index in [1.54, 1.807) is 0 Å². The van der Waals surface area contributed by atoms with Crippen LogP contribution in [-0.4, -0.2) is 21.6 Å². The summed E-state index contributed by atoms with van der Waals surface area (Å²) in [6, 6.07) is 1.98. The molecule has 0 aromatic carbocycles. The van der Waals surface area contributed by atoms with Gasteiger partial charge < -0.3 is 10.6 Å². The number of thiocarbonyl (C=S) groups is 1. The van der Waals surface area contributed by atoms with Crippen LogP contribution in [0.4, 0.5) is 5.82 Å². The molecule has 2 N–H and O–H groups in total. The van der Waals surface area contributed by atoms with Crippen LogP contribution in [0.25, 0.3) is 0 Å². The second-order valence-electron chi connectivity index (χ2n) is 4.60. The number of nitrogens with zero attached hydrogens (tertiary/aromatic N) is 3. The van der Waals surface area contributed by atoms with E-state index in [0.29, 0.717) is 10.9 Å². The smallest absolute Gasteiger partial charge is 0.183 e. The fraction of sp³-hybridized carbons (Fsp3) is 0.429. The number of nitrogens with one attached hydrogen (secondary N) is 2. The molecule has 0 spiro atoms. The van der Waals surface area contributed by atoms with Gasteiger partial charge in [-0.15, -0.1) is 0 Å². The molecule has 0 unspecified atom stereocenters. The van der Waals surface area contributed by atoms with E-state index < -0.39 is 0 Å². The first-order valence-corrected chi connectivity index (χ1v) is 7.14. The van der Waals surface area contributed by atoms with Crippen LogP contribution in [0.2, 0.25) is 0 Å². The highest BCUT2D eigenvalue weighted by atomic mass is 32.1. The standard InChI is InChI=1S/C14H17N5S/c15-10-12-13(17-9-8-16-12)19-14(20)18-7-6-11-4-2-1-3-5-11/h4,8-9H,1-3,5-7H2,(H2,17,18,19,20). The molecule has 104 valence electrons. The molecule has 1 aliphatic rings. The highest BCUT2D eigenvalue weighted by Gasteiger charge is 2.07. The molecule has 2 rings (SSSR count). The molecule has 1 aromatic heterocycles. The maximum Gasteiger partial charge on any atom is 0.183 e. The first-order valence-electron chi connectivity index (χ1n) is 6.73. The van der Waals surface area contributed by atoms with Crippen molar-refractivity contribution in [1.82, 2.24) is 15.3 Å². The monoisotopic (exact) mass is 287 g/mol. The van der Waals surface area contributed by atoms with E-state index in [4.69, 9.17) is 17.5 Å². The molecule has 0 bridgehead atoms. The first kappa shape index (κ1) is 14.4. The van der Waals surface area contributed by atoms with Gasteiger partial charge in [0.2, 0.25) is 0 Å². The fourth-order valence-corrected chi connectivity index (χ4v) is 2.33. The number of allylic oxidation sites excluding steroid dienone is 1. The molecule has 5 nitrogen and oxygen atoms in total. The Kier molecular flexibility index (Phi) is 5.44. The Morgan fingerprint density at radius 2 is 2.20 bits per heavy atom. The Morgan fingerprint density at radius 3 is 2.95 bits per heavy atom. The maximum absolute atomic E-state index is 8.91. The van der Waals surface area contributed by atoms with Crippen LogP contribution in [0.15, 0.2) is 24.0 Å². The largest absolute Gasteiger partial charge is 0.362 e. The number of rotatable bonds is 4. The predicted octanol–water partition coefficient (Wildman–Crippen LogP) is 2.53. The van der Waals surface area contributed by atoms with E-state index in [1.807, 2.05) is 6.07 Å². The quantitative estimate of drug-likeness (QED) is 0.655. The number of anilines is 1. The zero-order valence-corrected chi connectivity index (χ0v) is 12.0. The van der Waals surface area contributed by atoms with Crippen molar-refractivity contribution in [3.63, 3.8) is 0 Å². The van der Waals surface area contributed by atoms with Crippen molar-refractivity contribution in [2.45, 2.75) is 32.1 Å². The second-order valence-corrected chi connectivity index (χ2v) is 5.01. The van der Waals surface area contributed by atoms with Crippen LogP contribution in [0.3, 0.4) is 0 Å². The lowest BCUT2D eigenvalue weighted by Crippen LogP contribution is -2.30. The lowest BCUT2D eigenvalue weighted by Gasteiger charge is -2.14. The van der Waals surface area contributed by atoms with Gasteiger partial charge in [-0.3, -0.25) is 0 Å². The Morgan fingerprint density at radius 1 is 1.35 bits per heavy atom. The molecule has 6 heteroatoms. The average Bonchev–Trinajstić information content (AvgIpc) is 2.49. The normalized spacial score (nSPS) is 14.1. The highest BCUT2D eigenvalue weighted by Crippen LogP contribution is 2.19. The van der Waals surface area contributed by atoms with Gasteiger partial charge in [0, 0.05) is 18.9 Å².